The van der Waals surface area contributed by atoms with Crippen LogP contribution in [0.2, 0.25) is 0 Å². The Hall–Kier alpha value is -5.03. The van der Waals surface area contributed by atoms with Crippen LogP contribution in [0.4, 0.5) is 10.5 Å². The number of likely N-dealkylation sites (tertiary alicyclic amines) is 1. The maximum Gasteiger partial charge on any atom is 0.409 e. The van der Waals surface area contributed by atoms with Gasteiger partial charge < -0.3 is 41.2 Å². The first kappa shape index (κ1) is 47.3. The van der Waals surface area contributed by atoms with Gasteiger partial charge in [-0.3, -0.25) is 39.0 Å². The van der Waals surface area contributed by atoms with Crippen LogP contribution in [-0.4, -0.2) is 100 Å². The molecule has 2 aliphatic rings. The van der Waals surface area contributed by atoms with E-state index < -0.39 is 47.4 Å². The van der Waals surface area contributed by atoms with Crippen LogP contribution in [0.25, 0.3) is 0 Å². The Kier molecular flexibility index (Phi) is 17.2. The third-order valence-electron chi connectivity index (χ3n) is 10.0. The molecule has 322 valence electrons. The van der Waals surface area contributed by atoms with Crippen LogP contribution in [0.15, 0.2) is 36.0 Å². The van der Waals surface area contributed by atoms with Crippen LogP contribution in [0.3, 0.4) is 0 Å². The largest absolute Gasteiger partial charge is 0.445 e. The number of nitrogens with one attached hydrogen (secondary N) is 6. The van der Waals surface area contributed by atoms with Crippen LogP contribution < -0.4 is 31.9 Å². The van der Waals surface area contributed by atoms with Gasteiger partial charge in [0.05, 0.1) is 11.6 Å². The number of carbonyl (C=O) groups excluding carboxylic acids is 7. The van der Waals surface area contributed by atoms with E-state index >= 15 is 0 Å². The summed E-state index contributed by atoms with van der Waals surface area (Å²) in [6.45, 7) is 16.4. The van der Waals surface area contributed by atoms with Gasteiger partial charge in [0, 0.05) is 49.6 Å². The van der Waals surface area contributed by atoms with Crippen molar-refractivity contribution in [1.29, 1.82) is 0 Å². The van der Waals surface area contributed by atoms with Gasteiger partial charge in [-0.25, -0.2) is 4.79 Å². The lowest BCUT2D eigenvalue weighted by Gasteiger charge is -2.30. The number of hydrogen-bond acceptors (Lipinski definition) is 11. The zero-order valence-corrected chi connectivity index (χ0v) is 35.3. The van der Waals surface area contributed by atoms with Gasteiger partial charge in [0.15, 0.2) is 0 Å². The highest BCUT2D eigenvalue weighted by atomic mass is 16.6. The summed E-state index contributed by atoms with van der Waals surface area (Å²) in [7, 11) is 0. The second kappa shape index (κ2) is 21.1. The molecule has 17 nitrogen and oxygen atoms in total. The quantitative estimate of drug-likeness (QED) is 0.0705. The average Bonchev–Trinajstić information content (AvgIpc) is 3.68. The Labute approximate surface area is 341 Å². The van der Waals surface area contributed by atoms with Crippen LogP contribution >= 0.6 is 0 Å². The highest BCUT2D eigenvalue weighted by molar-refractivity contribution is 6.03. The minimum atomic E-state index is -1.11. The van der Waals surface area contributed by atoms with Crippen LogP contribution in [-0.2, 0) is 44.8 Å². The van der Waals surface area contributed by atoms with E-state index in [-0.39, 0.29) is 73.9 Å². The smallest absolute Gasteiger partial charge is 0.409 e. The summed E-state index contributed by atoms with van der Waals surface area (Å²) in [5.41, 5.74) is 0.849. The molecule has 2 aliphatic heterocycles. The maximum atomic E-state index is 13.2. The van der Waals surface area contributed by atoms with Crippen LogP contribution in [0, 0.1) is 11.8 Å². The molecular weight excluding hydrogens is 750 g/mol. The summed E-state index contributed by atoms with van der Waals surface area (Å²) in [4.78, 5) is 89.1. The fourth-order valence-corrected chi connectivity index (χ4v) is 6.28. The lowest BCUT2D eigenvalue weighted by atomic mass is 9.98. The molecule has 1 fully saturated rings. The number of hydrogen-bond donors (Lipinski definition) is 7. The molecule has 3 rings (SSSR count). The summed E-state index contributed by atoms with van der Waals surface area (Å²) in [5.74, 6) is -2.76. The Morgan fingerprint density at radius 1 is 0.914 bits per heavy atom. The molecule has 0 saturated carbocycles. The third-order valence-corrected chi connectivity index (χ3v) is 10.0. The van der Waals surface area contributed by atoms with Gasteiger partial charge in [-0.15, -0.1) is 0 Å². The molecule has 2 heterocycles. The van der Waals surface area contributed by atoms with Crippen molar-refractivity contribution in [3.05, 3.63) is 41.6 Å². The molecule has 1 saturated heterocycles. The normalized spacial score (nSPS) is 18.5. The van der Waals surface area contributed by atoms with E-state index in [0.29, 0.717) is 37.1 Å². The van der Waals surface area contributed by atoms with Crippen molar-refractivity contribution in [2.24, 2.45) is 11.8 Å². The lowest BCUT2D eigenvalue weighted by Crippen LogP contribution is -2.53. The Bertz CT molecular complexity index is 1680. The highest BCUT2D eigenvalue weighted by Gasteiger charge is 2.36. The predicted molar refractivity (Wildman–Crippen MR) is 215 cm³/mol. The van der Waals surface area contributed by atoms with Gasteiger partial charge in [-0.2, -0.15) is 0 Å². The van der Waals surface area contributed by atoms with Gasteiger partial charge in [0.2, 0.25) is 35.4 Å². The molecule has 0 spiro atoms. The molecule has 1 unspecified atom stereocenters. The van der Waals surface area contributed by atoms with E-state index in [1.807, 2.05) is 34.6 Å². The van der Waals surface area contributed by atoms with Crippen LogP contribution in [0.1, 0.15) is 106 Å². The molecule has 17 heteroatoms. The first-order chi connectivity index (χ1) is 27.1. The first-order valence-electron chi connectivity index (χ1n) is 19.9. The molecule has 0 aliphatic carbocycles. The van der Waals surface area contributed by atoms with E-state index in [2.05, 4.69) is 31.9 Å². The molecule has 0 radical (unpaired) electrons. The number of nitrogens with zero attached hydrogens (tertiary/aromatic N) is 1. The second-order valence-corrected chi connectivity index (χ2v) is 16.9. The summed E-state index contributed by atoms with van der Waals surface area (Å²) in [6, 6.07) is 4.44. The Morgan fingerprint density at radius 2 is 1.59 bits per heavy atom. The van der Waals surface area contributed by atoms with Crippen molar-refractivity contribution >= 4 is 47.2 Å². The minimum Gasteiger partial charge on any atom is -0.445 e. The highest BCUT2D eigenvalue weighted by Crippen LogP contribution is 2.21. The van der Waals surface area contributed by atoms with Gasteiger partial charge in [0.25, 0.3) is 0 Å². The number of rotatable bonds is 21. The van der Waals surface area contributed by atoms with Crippen molar-refractivity contribution in [3.8, 4) is 0 Å². The Balaban J connectivity index is 1.36. The third kappa shape index (κ3) is 15.4. The molecule has 0 bridgehead atoms. The lowest BCUT2D eigenvalue weighted by molar-refractivity contribution is -0.139. The van der Waals surface area contributed by atoms with Crippen LogP contribution in [0.5, 0.6) is 0 Å². The van der Waals surface area contributed by atoms with Crippen molar-refractivity contribution < 1.29 is 48.1 Å². The number of ether oxygens (including phenoxy) is 2. The Morgan fingerprint density at radius 3 is 2.17 bits per heavy atom. The molecule has 1 aromatic rings. The fraction of sp³-hybridized carbons (Fsp3) is 0.634. The number of aliphatic hydroxyl groups is 1. The molecular formula is C41H63N7O10. The van der Waals surface area contributed by atoms with E-state index in [1.54, 1.807) is 51.2 Å². The maximum absolute atomic E-state index is 13.2. The SMILES string of the molecule is CC1=CN[C@H]([C@H](O)NC(=O)OCc2ccc(NC(=O)[C@H](C)NC(=O)[C@@H](NC(=O)CCC(C)(C)OCCC(C)(C)NC(=O)CCN3C(=O)CC(C)C3=O)C(C)C)cc2)C1. The standard InChI is InChI=1S/C41H63N7O10/c1-24(2)34(45-31(49)14-16-41(8,9)58-19-17-40(6,7)47-32(50)15-18-48-33(51)21-26(4)38(48)55)37(54)43-27(5)35(52)44-29-12-10-28(11-13-29)23-57-39(56)46-36(53)30-20-25(3)22-42-30/h10-13,22,24,26-27,30,34,36,42,53H,14-21,23H2,1-9H3,(H,43,54)(H,44,52)(H,45,49)(H,46,56)(H,47,50)/t26?,27-,30-,34-,36-/m0/s1. The first-order valence-corrected chi connectivity index (χ1v) is 19.9. The molecule has 58 heavy (non-hydrogen) atoms. The monoisotopic (exact) mass is 813 g/mol. The molecule has 5 atom stereocenters. The van der Waals surface area contributed by atoms with E-state index in [0.717, 1.165) is 10.5 Å². The van der Waals surface area contributed by atoms with Gasteiger partial charge >= 0.3 is 6.09 Å². The van der Waals surface area contributed by atoms with Gasteiger partial charge in [-0.05, 0) is 90.6 Å². The second-order valence-electron chi connectivity index (χ2n) is 16.9. The number of imide groups is 1. The topological polar surface area (TPSA) is 234 Å². The van der Waals surface area contributed by atoms with Crippen molar-refractivity contribution in [1.82, 2.24) is 31.5 Å². The van der Waals surface area contributed by atoms with Crippen molar-refractivity contribution in [2.45, 2.75) is 143 Å². The number of aliphatic hydroxyl groups excluding tert-OH is 1. The summed E-state index contributed by atoms with van der Waals surface area (Å²) in [5, 5.41) is 26.7. The molecule has 7 amide bonds. The van der Waals surface area contributed by atoms with Gasteiger partial charge in [-0.1, -0.05) is 38.5 Å². The molecule has 1 aromatic carbocycles. The summed E-state index contributed by atoms with van der Waals surface area (Å²) >= 11 is 0. The molecule has 0 aromatic heterocycles. The zero-order chi connectivity index (χ0) is 43.4. The van der Waals surface area contributed by atoms with Crippen molar-refractivity contribution in [3.63, 3.8) is 0 Å². The molecule has 7 N–H and O–H groups in total. The number of carbonyl (C=O) groups is 7. The number of anilines is 1. The fourth-order valence-electron chi connectivity index (χ4n) is 6.28. The van der Waals surface area contributed by atoms with E-state index in [9.17, 15) is 38.7 Å². The zero-order valence-electron chi connectivity index (χ0n) is 35.3. The summed E-state index contributed by atoms with van der Waals surface area (Å²) in [6.07, 6.45) is 1.59. The number of benzene rings is 1. The van der Waals surface area contributed by atoms with E-state index in [1.165, 1.54) is 6.92 Å². The van der Waals surface area contributed by atoms with Gasteiger partial charge in [0.1, 0.15) is 24.9 Å². The number of alkyl carbamates (subject to hydrolysis) is 1. The predicted octanol–water partition coefficient (Wildman–Crippen LogP) is 2.73. The van der Waals surface area contributed by atoms with Crippen molar-refractivity contribution in [2.75, 3.05) is 18.5 Å². The summed E-state index contributed by atoms with van der Waals surface area (Å²) < 4.78 is 11.3. The van der Waals surface area contributed by atoms with E-state index in [4.69, 9.17) is 9.47 Å². The average molecular weight is 814 g/mol. The number of amides is 7. The minimum absolute atomic E-state index is 0.0116.